The van der Waals surface area contributed by atoms with E-state index in [1.54, 1.807) is 69.8 Å². The molecule has 0 saturated heterocycles. The van der Waals surface area contributed by atoms with Crippen molar-refractivity contribution in [3.05, 3.63) is 215 Å². The van der Waals surface area contributed by atoms with Gasteiger partial charge in [-0.1, -0.05) is 66.7 Å². The number of fused-ring (bicyclic) bond motifs is 6. The monoisotopic (exact) mass is 1100 g/mol. The zero-order chi connectivity index (χ0) is 57.0. The van der Waals surface area contributed by atoms with E-state index >= 15 is 13.2 Å². The van der Waals surface area contributed by atoms with E-state index in [0.717, 1.165) is 6.07 Å². The Kier molecular flexibility index (Phi) is 12.2. The van der Waals surface area contributed by atoms with Crippen LogP contribution in [0.3, 0.4) is 0 Å². The Morgan fingerprint density at radius 2 is 0.762 bits per heavy atom. The van der Waals surface area contributed by atoms with Gasteiger partial charge in [-0.3, -0.25) is 0 Å². The van der Waals surface area contributed by atoms with Crippen LogP contribution in [-0.2, 0) is 30.9 Å². The van der Waals surface area contributed by atoms with Crippen LogP contribution in [0.4, 0.5) is 65.9 Å². The molecular weight excluding hydrogens is 1070 g/mol. The standard InChI is InChI=1S/C61H29F15N4/c62-57(63,64)39-21-37(22-40(28-39)58(65,66)67)33-13-17-52-46(25-33)44-7-1-3-9-50(44)79(52)54-19-15-35(43-16-12-32(30-77)20-49(43)61(74,75)76)27-48(54)56-36(31-78)6-5-11-55(56)80-51-10-4-2-8-45(51)47-26-34(14-18-53(47)80)38-23-41(59(68,69)70)29-42(24-38)60(71,72)73/h1-29H. The second kappa shape index (κ2) is 18.6. The maximum atomic E-state index is 15.0. The average Bonchev–Trinajstić information content (AvgIpc) is 4.16. The van der Waals surface area contributed by atoms with Gasteiger partial charge >= 0.3 is 30.9 Å². The number of alkyl halides is 15. The van der Waals surface area contributed by atoms with E-state index in [1.807, 2.05) is 0 Å². The number of halogens is 15. The molecule has 9 aromatic carbocycles. The van der Waals surface area contributed by atoms with Gasteiger partial charge in [-0.25, -0.2) is 0 Å². The minimum atomic E-state index is -5.16. The van der Waals surface area contributed by atoms with Gasteiger partial charge in [-0.05, 0) is 143 Å². The summed E-state index contributed by atoms with van der Waals surface area (Å²) in [7, 11) is 0. The van der Waals surface area contributed by atoms with E-state index in [-0.39, 0.29) is 68.0 Å². The maximum absolute atomic E-state index is 15.0. The summed E-state index contributed by atoms with van der Waals surface area (Å²) >= 11 is 0. The van der Waals surface area contributed by atoms with Gasteiger partial charge in [-0.2, -0.15) is 76.4 Å². The average molecular weight is 1100 g/mol. The lowest BCUT2D eigenvalue weighted by molar-refractivity contribution is -0.144. The van der Waals surface area contributed by atoms with E-state index < -0.39 is 69.8 Å². The highest BCUT2D eigenvalue weighted by molar-refractivity contribution is 6.13. The Hall–Kier alpha value is -9.49. The zero-order valence-electron chi connectivity index (χ0n) is 40.2. The first-order valence-corrected chi connectivity index (χ1v) is 23.7. The fourth-order valence-corrected chi connectivity index (χ4v) is 10.4. The van der Waals surface area contributed by atoms with Crippen molar-refractivity contribution in [3.8, 4) is 68.0 Å². The van der Waals surface area contributed by atoms with Crippen molar-refractivity contribution < 1.29 is 65.9 Å². The van der Waals surface area contributed by atoms with E-state index in [9.17, 15) is 63.2 Å². The molecule has 19 heteroatoms. The van der Waals surface area contributed by atoms with Gasteiger partial charge in [-0.15, -0.1) is 0 Å². The summed E-state index contributed by atoms with van der Waals surface area (Å²) in [5, 5.41) is 22.2. The fraction of sp³-hybridized carbons (Fsp3) is 0.0820. The van der Waals surface area contributed by atoms with Gasteiger partial charge in [0.15, 0.2) is 0 Å². The number of para-hydroxylation sites is 2. The SMILES string of the molecule is N#Cc1ccc(-c2ccc(-n3c4ccccc4c4cc(-c5cc(C(F)(F)F)cc(C(F)(F)F)c5)ccc43)c(-c3c(C#N)cccc3-n3c4ccccc4c4cc(-c5cc(C(F)(F)F)cc(C(F)(F)F)c5)ccc43)c2)c(C(F)(F)F)c1. The van der Waals surface area contributed by atoms with Crippen LogP contribution < -0.4 is 0 Å². The van der Waals surface area contributed by atoms with Crippen molar-refractivity contribution in [2.75, 3.05) is 0 Å². The molecule has 11 aromatic rings. The van der Waals surface area contributed by atoms with Crippen molar-refractivity contribution in [1.29, 1.82) is 10.5 Å². The predicted octanol–water partition coefficient (Wildman–Crippen LogP) is 19.4. The highest BCUT2D eigenvalue weighted by Gasteiger charge is 2.39. The topological polar surface area (TPSA) is 57.4 Å². The highest BCUT2D eigenvalue weighted by Crippen LogP contribution is 2.48. The molecule has 4 nitrogen and oxygen atoms in total. The van der Waals surface area contributed by atoms with Gasteiger partial charge in [0, 0.05) is 32.7 Å². The first kappa shape index (κ1) is 52.6. The van der Waals surface area contributed by atoms with Crippen molar-refractivity contribution in [2.45, 2.75) is 30.9 Å². The Morgan fingerprint density at radius 3 is 1.21 bits per heavy atom. The third-order valence-corrected chi connectivity index (χ3v) is 13.9. The van der Waals surface area contributed by atoms with Crippen LogP contribution in [0.5, 0.6) is 0 Å². The molecular formula is C61H29F15N4. The highest BCUT2D eigenvalue weighted by atomic mass is 19.4. The molecule has 2 heterocycles. The van der Waals surface area contributed by atoms with E-state index in [2.05, 4.69) is 6.07 Å². The Morgan fingerprint density at radius 1 is 0.312 bits per heavy atom. The molecule has 0 unspecified atom stereocenters. The summed E-state index contributed by atoms with van der Waals surface area (Å²) < 4.78 is 218. The zero-order valence-corrected chi connectivity index (χ0v) is 40.2. The second-order valence-corrected chi connectivity index (χ2v) is 18.7. The first-order valence-electron chi connectivity index (χ1n) is 23.7. The van der Waals surface area contributed by atoms with Crippen LogP contribution in [0.1, 0.15) is 38.9 Å². The predicted molar refractivity (Wildman–Crippen MR) is 271 cm³/mol. The number of aromatic nitrogens is 2. The van der Waals surface area contributed by atoms with Gasteiger partial charge in [0.25, 0.3) is 0 Å². The van der Waals surface area contributed by atoms with Crippen molar-refractivity contribution >= 4 is 43.6 Å². The molecule has 0 amide bonds. The van der Waals surface area contributed by atoms with E-state index in [1.165, 1.54) is 72.8 Å². The molecule has 398 valence electrons. The molecule has 11 rings (SSSR count). The molecule has 0 spiro atoms. The van der Waals surface area contributed by atoms with E-state index in [0.29, 0.717) is 73.9 Å². The summed E-state index contributed by atoms with van der Waals surface area (Å²) in [4.78, 5) is 0. The normalized spacial score (nSPS) is 12.7. The molecule has 0 N–H and O–H groups in total. The van der Waals surface area contributed by atoms with Crippen LogP contribution in [0.25, 0.3) is 99.5 Å². The number of rotatable bonds is 6. The molecule has 0 saturated carbocycles. The summed E-state index contributed by atoms with van der Waals surface area (Å²) in [6.07, 6.45) is -25.6. The molecule has 0 bridgehead atoms. The lowest BCUT2D eigenvalue weighted by Gasteiger charge is -2.21. The van der Waals surface area contributed by atoms with Crippen LogP contribution in [-0.4, -0.2) is 9.13 Å². The molecule has 0 aliphatic heterocycles. The lowest BCUT2D eigenvalue weighted by atomic mass is 9.90. The Balaban J connectivity index is 1.21. The second-order valence-electron chi connectivity index (χ2n) is 18.7. The summed E-state index contributed by atoms with van der Waals surface area (Å²) in [5.41, 5.74) is -6.96. The number of hydrogen-bond donors (Lipinski definition) is 0. The van der Waals surface area contributed by atoms with E-state index in [4.69, 9.17) is 0 Å². The van der Waals surface area contributed by atoms with Crippen molar-refractivity contribution in [3.63, 3.8) is 0 Å². The molecule has 2 aromatic heterocycles. The summed E-state index contributed by atoms with van der Waals surface area (Å²) in [6, 6.07) is 39.7. The Labute approximate surface area is 441 Å². The van der Waals surface area contributed by atoms with Crippen LogP contribution in [0.15, 0.2) is 176 Å². The third kappa shape index (κ3) is 9.17. The number of nitrogens with zero attached hydrogens (tertiary/aromatic N) is 4. The molecule has 0 radical (unpaired) electrons. The van der Waals surface area contributed by atoms with Crippen LogP contribution in [0, 0.1) is 22.7 Å². The van der Waals surface area contributed by atoms with Crippen molar-refractivity contribution in [1.82, 2.24) is 9.13 Å². The van der Waals surface area contributed by atoms with Crippen LogP contribution >= 0.6 is 0 Å². The van der Waals surface area contributed by atoms with Gasteiger partial charge < -0.3 is 9.13 Å². The third-order valence-electron chi connectivity index (χ3n) is 13.9. The van der Waals surface area contributed by atoms with Gasteiger partial charge in [0.2, 0.25) is 0 Å². The van der Waals surface area contributed by atoms with Gasteiger partial charge in [0.05, 0.1) is 84.5 Å². The van der Waals surface area contributed by atoms with Crippen LogP contribution in [0.2, 0.25) is 0 Å². The minimum absolute atomic E-state index is 0.00926. The smallest absolute Gasteiger partial charge is 0.309 e. The quantitative estimate of drug-likeness (QED) is 0.156. The maximum Gasteiger partial charge on any atom is 0.417 e. The molecule has 0 aliphatic rings. The molecule has 0 aliphatic carbocycles. The Bertz CT molecular complexity index is 4370. The minimum Gasteiger partial charge on any atom is -0.309 e. The number of hydrogen-bond acceptors (Lipinski definition) is 2. The molecule has 80 heavy (non-hydrogen) atoms. The molecule has 0 fully saturated rings. The fourth-order valence-electron chi connectivity index (χ4n) is 10.4. The summed E-state index contributed by atoms with van der Waals surface area (Å²) in [5.74, 6) is 0. The largest absolute Gasteiger partial charge is 0.417 e. The molecule has 0 atom stereocenters. The van der Waals surface area contributed by atoms with Gasteiger partial charge in [0.1, 0.15) is 0 Å². The van der Waals surface area contributed by atoms with Crippen molar-refractivity contribution in [2.24, 2.45) is 0 Å². The first-order chi connectivity index (χ1) is 37.7. The lowest BCUT2D eigenvalue weighted by Crippen LogP contribution is -2.11. The summed E-state index contributed by atoms with van der Waals surface area (Å²) in [6.45, 7) is 0. The number of nitriles is 2. The number of benzene rings is 9.